The van der Waals surface area contributed by atoms with Gasteiger partial charge in [0.1, 0.15) is 11.5 Å². The number of rotatable bonds is 4. The van der Waals surface area contributed by atoms with E-state index in [1.165, 1.54) is 58.5 Å². The van der Waals surface area contributed by atoms with Crippen LogP contribution in [0.15, 0.2) is 71.3 Å². The third kappa shape index (κ3) is 3.91. The van der Waals surface area contributed by atoms with Gasteiger partial charge in [-0.05, 0) is 48.0 Å². The van der Waals surface area contributed by atoms with E-state index in [9.17, 15) is 21.6 Å². The molecule has 0 radical (unpaired) electrons. The van der Waals surface area contributed by atoms with Crippen molar-refractivity contribution in [1.82, 2.24) is 15.2 Å². The zero-order valence-corrected chi connectivity index (χ0v) is 18.2. The number of thiazole rings is 1. The smallest absolute Gasteiger partial charge is 0.416 e. The van der Waals surface area contributed by atoms with Crippen molar-refractivity contribution in [1.29, 1.82) is 0 Å². The number of hydrogen-bond acceptors (Lipinski definition) is 7. The minimum atomic E-state index is -4.53. The molecule has 5 rings (SSSR count). The number of ether oxygens (including phenoxy) is 1. The molecule has 2 aromatic heterocycles. The van der Waals surface area contributed by atoms with Gasteiger partial charge in [-0.2, -0.15) is 23.4 Å². The summed E-state index contributed by atoms with van der Waals surface area (Å²) in [4.78, 5) is 4.21. The van der Waals surface area contributed by atoms with Crippen LogP contribution in [-0.2, 0) is 22.7 Å². The van der Waals surface area contributed by atoms with Crippen LogP contribution in [0.3, 0.4) is 0 Å². The van der Waals surface area contributed by atoms with Crippen molar-refractivity contribution in [3.63, 3.8) is 0 Å². The van der Waals surface area contributed by atoms with Crippen LogP contribution in [0, 0.1) is 0 Å². The Morgan fingerprint density at radius 2 is 1.88 bits per heavy atom. The lowest BCUT2D eigenvalue weighted by Gasteiger charge is -2.15. The van der Waals surface area contributed by atoms with Gasteiger partial charge in [0.05, 0.1) is 29.4 Å². The molecule has 0 atom stereocenters. The van der Waals surface area contributed by atoms with Crippen LogP contribution in [-0.4, -0.2) is 23.6 Å². The largest absolute Gasteiger partial charge is 0.457 e. The zero-order chi connectivity index (χ0) is 23.2. The van der Waals surface area contributed by atoms with Crippen LogP contribution in [0.2, 0.25) is 0 Å². The first-order valence-electron chi connectivity index (χ1n) is 9.45. The number of anilines is 1. The monoisotopic (exact) mass is 490 g/mol. The van der Waals surface area contributed by atoms with Crippen LogP contribution in [0.4, 0.5) is 18.3 Å². The van der Waals surface area contributed by atoms with Gasteiger partial charge < -0.3 is 4.74 Å². The maximum Gasteiger partial charge on any atom is 0.416 e. The van der Waals surface area contributed by atoms with Crippen LogP contribution in [0.25, 0.3) is 11.1 Å². The average Bonchev–Trinajstić information content (AvgIpc) is 3.40. The molecule has 0 amide bonds. The summed E-state index contributed by atoms with van der Waals surface area (Å²) in [6.45, 7) is 0.0799. The van der Waals surface area contributed by atoms with E-state index in [1.54, 1.807) is 11.4 Å². The van der Waals surface area contributed by atoms with Gasteiger partial charge in [-0.1, -0.05) is 0 Å². The lowest BCUT2D eigenvalue weighted by molar-refractivity contribution is -0.137. The highest BCUT2D eigenvalue weighted by Gasteiger charge is 2.36. The molecule has 0 fully saturated rings. The summed E-state index contributed by atoms with van der Waals surface area (Å²) in [5, 5.41) is 9.42. The summed E-state index contributed by atoms with van der Waals surface area (Å²) in [6.07, 6.45) is -0.307. The van der Waals surface area contributed by atoms with Crippen LogP contribution >= 0.6 is 11.3 Å². The summed E-state index contributed by atoms with van der Waals surface area (Å²) in [7, 11) is -3.75. The number of nitrogens with zero attached hydrogens (tertiary/aromatic N) is 4. The second-order valence-electron chi connectivity index (χ2n) is 7.04. The Hall–Kier alpha value is -3.51. The van der Waals surface area contributed by atoms with Crippen LogP contribution < -0.4 is 9.04 Å². The van der Waals surface area contributed by atoms with Crippen molar-refractivity contribution >= 4 is 26.5 Å². The normalized spacial score (nSPS) is 14.8. The van der Waals surface area contributed by atoms with Crippen molar-refractivity contribution in [2.45, 2.75) is 17.6 Å². The fourth-order valence-electron chi connectivity index (χ4n) is 3.46. The van der Waals surface area contributed by atoms with Gasteiger partial charge in [-0.25, -0.2) is 17.7 Å². The third-order valence-electron chi connectivity index (χ3n) is 4.98. The maximum atomic E-state index is 13.3. The molecule has 0 aliphatic carbocycles. The summed E-state index contributed by atoms with van der Waals surface area (Å²) in [5.41, 5.74) is 0.240. The van der Waals surface area contributed by atoms with E-state index in [0.29, 0.717) is 16.3 Å². The molecule has 168 valence electrons. The maximum absolute atomic E-state index is 13.3. The first-order valence-corrected chi connectivity index (χ1v) is 11.8. The quantitative estimate of drug-likeness (QED) is 0.395. The topological polar surface area (TPSA) is 85.3 Å². The van der Waals surface area contributed by atoms with Gasteiger partial charge in [-0.3, -0.25) is 0 Å². The van der Waals surface area contributed by atoms with Gasteiger partial charge in [0.15, 0.2) is 5.13 Å². The van der Waals surface area contributed by atoms with Crippen molar-refractivity contribution < 1.29 is 26.3 Å². The molecule has 2 aromatic carbocycles. The van der Waals surface area contributed by atoms with Gasteiger partial charge in [0.25, 0.3) is 10.0 Å². The molecule has 0 saturated carbocycles. The molecular formula is C21H13F3N4O3S2. The lowest BCUT2D eigenvalue weighted by atomic mass is 10.0. The Morgan fingerprint density at radius 1 is 1.03 bits per heavy atom. The minimum absolute atomic E-state index is 0.0799. The number of sulfonamides is 1. The first kappa shape index (κ1) is 21.3. The number of alkyl halides is 3. The summed E-state index contributed by atoms with van der Waals surface area (Å²) in [5.74, 6) is 0.446. The van der Waals surface area contributed by atoms with Crippen molar-refractivity contribution in [2.75, 3.05) is 4.31 Å². The van der Waals surface area contributed by atoms with E-state index in [1.807, 2.05) is 0 Å². The Labute approximate surface area is 190 Å². The highest BCUT2D eigenvalue weighted by Crippen LogP contribution is 2.41. The second-order valence-corrected chi connectivity index (χ2v) is 9.74. The van der Waals surface area contributed by atoms with Gasteiger partial charge in [-0.15, -0.1) is 11.3 Å². The molecule has 1 aliphatic heterocycles. The minimum Gasteiger partial charge on any atom is -0.457 e. The van der Waals surface area contributed by atoms with Gasteiger partial charge >= 0.3 is 6.18 Å². The number of halogens is 3. The molecule has 0 unspecified atom stereocenters. The fraction of sp³-hybridized carbons (Fsp3) is 0.0952. The Balaban J connectivity index is 1.52. The Bertz CT molecular complexity index is 1430. The van der Waals surface area contributed by atoms with E-state index in [4.69, 9.17) is 4.74 Å². The van der Waals surface area contributed by atoms with E-state index in [-0.39, 0.29) is 28.5 Å². The summed E-state index contributed by atoms with van der Waals surface area (Å²) in [6, 6.07) is 9.11. The molecule has 4 aromatic rings. The Morgan fingerprint density at radius 3 is 2.58 bits per heavy atom. The first-order chi connectivity index (χ1) is 15.7. The summed E-state index contributed by atoms with van der Waals surface area (Å²) < 4.78 is 72.7. The number of fused-ring (bicyclic) bond motifs is 1. The summed E-state index contributed by atoms with van der Waals surface area (Å²) >= 11 is 1.20. The predicted molar refractivity (Wildman–Crippen MR) is 114 cm³/mol. The molecule has 12 heteroatoms. The van der Waals surface area contributed by atoms with Crippen LogP contribution in [0.5, 0.6) is 11.5 Å². The molecule has 7 nitrogen and oxygen atoms in total. The third-order valence-corrected chi connectivity index (χ3v) is 7.72. The SMILES string of the molecule is O=S1(=O)c2ccc(Oc3ccc(C(F)(F)F)cc3-c3ccnnc3)cc2CN1c1nccs1. The van der Waals surface area contributed by atoms with E-state index < -0.39 is 21.8 Å². The standard InChI is InChI=1S/C21H13F3N4O3S2/c22-21(23,24)15-1-3-18(17(10-15)13-5-6-26-27-11-13)31-16-2-4-19-14(9-16)12-28(33(19,29)30)20-25-7-8-32-20/h1-11H,12H2. The highest BCUT2D eigenvalue weighted by atomic mass is 32.2. The van der Waals surface area contributed by atoms with Crippen molar-refractivity contribution in [3.8, 4) is 22.6 Å². The van der Waals surface area contributed by atoms with Gasteiger partial charge in [0.2, 0.25) is 0 Å². The molecule has 1 aliphatic rings. The molecular weight excluding hydrogens is 477 g/mol. The highest BCUT2D eigenvalue weighted by molar-refractivity contribution is 7.93. The van der Waals surface area contributed by atoms with E-state index >= 15 is 0 Å². The van der Waals surface area contributed by atoms with Crippen molar-refractivity contribution in [2.24, 2.45) is 0 Å². The Kier molecular flexibility index (Phi) is 5.05. The number of benzene rings is 2. The number of hydrogen-bond donors (Lipinski definition) is 0. The molecule has 0 spiro atoms. The van der Waals surface area contributed by atoms with E-state index in [2.05, 4.69) is 15.2 Å². The lowest BCUT2D eigenvalue weighted by Crippen LogP contribution is -2.23. The van der Waals surface area contributed by atoms with Crippen molar-refractivity contribution in [3.05, 3.63) is 77.6 Å². The van der Waals surface area contributed by atoms with Gasteiger partial charge in [0, 0.05) is 22.7 Å². The molecule has 0 bridgehead atoms. The molecule has 0 N–H and O–H groups in total. The molecule has 0 saturated heterocycles. The fourth-order valence-corrected chi connectivity index (χ4v) is 5.93. The molecule has 3 heterocycles. The average molecular weight is 490 g/mol. The molecule has 33 heavy (non-hydrogen) atoms. The van der Waals surface area contributed by atoms with E-state index in [0.717, 1.165) is 12.1 Å². The second kappa shape index (κ2) is 7.81. The number of aromatic nitrogens is 3. The zero-order valence-electron chi connectivity index (χ0n) is 16.5. The predicted octanol–water partition coefficient (Wildman–Crippen LogP) is 5.12. The van der Waals surface area contributed by atoms with Crippen LogP contribution in [0.1, 0.15) is 11.1 Å².